The fourth-order valence-corrected chi connectivity index (χ4v) is 5.44. The highest BCUT2D eigenvalue weighted by Crippen LogP contribution is 2.44. The molecule has 0 radical (unpaired) electrons. The van der Waals surface area contributed by atoms with Crippen LogP contribution in [-0.2, 0) is 12.5 Å². The van der Waals surface area contributed by atoms with Gasteiger partial charge in [-0.3, -0.25) is 0 Å². The van der Waals surface area contributed by atoms with Crippen LogP contribution in [0.2, 0.25) is 0 Å². The summed E-state index contributed by atoms with van der Waals surface area (Å²) >= 11 is 1.94. The molecule has 0 spiro atoms. The van der Waals surface area contributed by atoms with Gasteiger partial charge in [-0.05, 0) is 29.2 Å². The van der Waals surface area contributed by atoms with Crippen LogP contribution >= 0.6 is 11.3 Å². The molecular weight excluding hydrogens is 322 g/mol. The zero-order valence-corrected chi connectivity index (χ0v) is 15.9. The van der Waals surface area contributed by atoms with Gasteiger partial charge in [-0.25, -0.2) is 0 Å². The van der Waals surface area contributed by atoms with Crippen molar-refractivity contribution >= 4 is 53.3 Å². The molecule has 0 aliphatic heterocycles. The van der Waals surface area contributed by atoms with Crippen molar-refractivity contribution < 1.29 is 0 Å². The standard InChI is InChI=1S/C23H21NS/c1-23(2,3)16-9-7-11-19-20(16)15-12-13-18-21(22(15)25-19)14-8-5-6-10-17(14)24(18)4/h5-13H,1-4H3. The predicted molar refractivity (Wildman–Crippen MR) is 112 cm³/mol. The van der Waals surface area contributed by atoms with Crippen LogP contribution in [0.4, 0.5) is 0 Å². The average Bonchev–Trinajstić information content (AvgIpc) is 3.10. The van der Waals surface area contributed by atoms with Gasteiger partial charge in [-0.2, -0.15) is 0 Å². The van der Waals surface area contributed by atoms with E-state index in [2.05, 4.69) is 87.0 Å². The van der Waals surface area contributed by atoms with Gasteiger partial charge in [0.2, 0.25) is 0 Å². The molecule has 0 aliphatic carbocycles. The summed E-state index contributed by atoms with van der Waals surface area (Å²) in [6.07, 6.45) is 0. The minimum absolute atomic E-state index is 0.140. The maximum Gasteiger partial charge on any atom is 0.0503 e. The highest BCUT2D eigenvalue weighted by atomic mass is 32.1. The topological polar surface area (TPSA) is 4.93 Å². The summed E-state index contributed by atoms with van der Waals surface area (Å²) in [7, 11) is 2.17. The number of aryl methyl sites for hydroxylation is 1. The van der Waals surface area contributed by atoms with E-state index in [0.717, 1.165) is 0 Å². The zero-order valence-electron chi connectivity index (χ0n) is 15.1. The summed E-state index contributed by atoms with van der Waals surface area (Å²) in [6, 6.07) is 20.1. The number of hydrogen-bond acceptors (Lipinski definition) is 1. The van der Waals surface area contributed by atoms with Crippen molar-refractivity contribution in [1.29, 1.82) is 0 Å². The minimum Gasteiger partial charge on any atom is -0.344 e. The van der Waals surface area contributed by atoms with E-state index in [1.807, 2.05) is 11.3 Å². The first-order chi connectivity index (χ1) is 12.0. The third kappa shape index (κ3) is 1.95. The van der Waals surface area contributed by atoms with E-state index in [0.29, 0.717) is 0 Å². The van der Waals surface area contributed by atoms with Crippen LogP contribution in [0.15, 0.2) is 54.6 Å². The maximum atomic E-state index is 2.32. The van der Waals surface area contributed by atoms with E-state index in [9.17, 15) is 0 Å². The quantitative estimate of drug-likeness (QED) is 0.285. The molecule has 0 aliphatic rings. The summed E-state index contributed by atoms with van der Waals surface area (Å²) in [5.41, 5.74) is 4.20. The largest absolute Gasteiger partial charge is 0.344 e. The van der Waals surface area contributed by atoms with Crippen molar-refractivity contribution in [3.8, 4) is 0 Å². The highest BCUT2D eigenvalue weighted by Gasteiger charge is 2.21. The third-order valence-electron chi connectivity index (χ3n) is 5.35. The van der Waals surface area contributed by atoms with E-state index in [4.69, 9.17) is 0 Å². The summed E-state index contributed by atoms with van der Waals surface area (Å²) in [5.74, 6) is 0. The first kappa shape index (κ1) is 15.0. The number of nitrogens with zero attached hydrogens (tertiary/aromatic N) is 1. The highest BCUT2D eigenvalue weighted by molar-refractivity contribution is 7.26. The van der Waals surface area contributed by atoms with Crippen molar-refractivity contribution in [3.05, 3.63) is 60.2 Å². The maximum absolute atomic E-state index is 2.32. The average molecular weight is 343 g/mol. The third-order valence-corrected chi connectivity index (χ3v) is 6.54. The second-order valence-corrected chi connectivity index (χ2v) is 9.00. The fraction of sp³-hybridized carbons (Fsp3) is 0.217. The van der Waals surface area contributed by atoms with Crippen LogP contribution in [0.25, 0.3) is 42.0 Å². The summed E-state index contributed by atoms with van der Waals surface area (Å²) < 4.78 is 5.13. The van der Waals surface area contributed by atoms with Crippen molar-refractivity contribution in [2.75, 3.05) is 0 Å². The Morgan fingerprint density at radius 2 is 1.56 bits per heavy atom. The Kier molecular flexibility index (Phi) is 2.91. The smallest absolute Gasteiger partial charge is 0.0503 e. The molecule has 2 aromatic heterocycles. The molecule has 0 unspecified atom stereocenters. The molecule has 25 heavy (non-hydrogen) atoms. The number of rotatable bonds is 0. The van der Waals surface area contributed by atoms with Crippen LogP contribution in [0, 0.1) is 0 Å². The Balaban J connectivity index is 2.07. The van der Waals surface area contributed by atoms with Crippen molar-refractivity contribution in [2.24, 2.45) is 7.05 Å². The second-order valence-electron chi connectivity index (χ2n) is 7.94. The SMILES string of the molecule is Cn1c2ccccc2c2c3sc4cccc(C(C)(C)C)c4c3ccc21. The summed E-state index contributed by atoms with van der Waals surface area (Å²) in [4.78, 5) is 0. The monoisotopic (exact) mass is 343 g/mol. The molecule has 124 valence electrons. The Hall–Kier alpha value is -2.32. The minimum atomic E-state index is 0.140. The van der Waals surface area contributed by atoms with Gasteiger partial charge in [-0.1, -0.05) is 57.2 Å². The molecule has 0 saturated heterocycles. The van der Waals surface area contributed by atoms with Gasteiger partial charge in [0.1, 0.15) is 0 Å². The predicted octanol–water partition coefficient (Wildman–Crippen LogP) is 7.00. The molecule has 2 heteroatoms. The lowest BCUT2D eigenvalue weighted by Crippen LogP contribution is -2.11. The molecule has 5 rings (SSSR count). The second kappa shape index (κ2) is 4.86. The van der Waals surface area contributed by atoms with Gasteiger partial charge in [-0.15, -0.1) is 11.3 Å². The number of para-hydroxylation sites is 1. The number of fused-ring (bicyclic) bond motifs is 7. The molecule has 0 fully saturated rings. The molecule has 2 heterocycles. The van der Waals surface area contributed by atoms with Gasteiger partial charge in [0.05, 0.1) is 5.52 Å². The number of hydrogen-bond donors (Lipinski definition) is 0. The van der Waals surface area contributed by atoms with Gasteiger partial charge in [0.25, 0.3) is 0 Å². The van der Waals surface area contributed by atoms with E-state index in [1.54, 1.807) is 0 Å². The Bertz CT molecular complexity index is 1280. The number of thiophene rings is 1. The first-order valence-corrected chi connectivity index (χ1v) is 9.60. The van der Waals surface area contributed by atoms with Crippen LogP contribution in [0.5, 0.6) is 0 Å². The van der Waals surface area contributed by atoms with Crippen LogP contribution in [-0.4, -0.2) is 4.57 Å². The Morgan fingerprint density at radius 1 is 0.760 bits per heavy atom. The van der Waals surface area contributed by atoms with Crippen molar-refractivity contribution in [3.63, 3.8) is 0 Å². The lowest BCUT2D eigenvalue weighted by molar-refractivity contribution is 0.596. The zero-order chi connectivity index (χ0) is 17.3. The van der Waals surface area contributed by atoms with Crippen molar-refractivity contribution in [1.82, 2.24) is 4.57 Å². The fourth-order valence-electron chi connectivity index (χ4n) is 4.15. The normalized spacial score (nSPS) is 12.8. The lowest BCUT2D eigenvalue weighted by atomic mass is 9.84. The molecule has 0 atom stereocenters. The Morgan fingerprint density at radius 3 is 2.36 bits per heavy atom. The number of aromatic nitrogens is 1. The first-order valence-electron chi connectivity index (χ1n) is 8.78. The molecule has 0 N–H and O–H groups in total. The molecule has 1 nitrogen and oxygen atoms in total. The van der Waals surface area contributed by atoms with E-state index < -0.39 is 0 Å². The van der Waals surface area contributed by atoms with Gasteiger partial charge in [0.15, 0.2) is 0 Å². The van der Waals surface area contributed by atoms with Crippen LogP contribution in [0.1, 0.15) is 26.3 Å². The van der Waals surface area contributed by atoms with Crippen LogP contribution in [0.3, 0.4) is 0 Å². The number of benzene rings is 3. The lowest BCUT2D eigenvalue weighted by Gasteiger charge is -2.20. The summed E-state index contributed by atoms with van der Waals surface area (Å²) in [6.45, 7) is 6.92. The van der Waals surface area contributed by atoms with Gasteiger partial charge in [0, 0.05) is 43.5 Å². The molecular formula is C23H21NS. The van der Waals surface area contributed by atoms with E-state index >= 15 is 0 Å². The van der Waals surface area contributed by atoms with Crippen molar-refractivity contribution in [2.45, 2.75) is 26.2 Å². The molecule has 0 amide bonds. The molecule has 0 bridgehead atoms. The molecule has 0 saturated carbocycles. The van der Waals surface area contributed by atoms with Crippen LogP contribution < -0.4 is 0 Å². The van der Waals surface area contributed by atoms with Gasteiger partial charge >= 0.3 is 0 Å². The summed E-state index contributed by atoms with van der Waals surface area (Å²) in [5, 5.41) is 5.59. The van der Waals surface area contributed by atoms with Gasteiger partial charge < -0.3 is 4.57 Å². The van der Waals surface area contributed by atoms with E-state index in [1.165, 1.54) is 47.5 Å². The Labute approximate surface area is 151 Å². The van der Waals surface area contributed by atoms with E-state index in [-0.39, 0.29) is 5.41 Å². The molecule has 5 aromatic rings. The molecule has 3 aromatic carbocycles.